The molecule has 1 aromatic rings. The second-order valence-corrected chi connectivity index (χ2v) is 8.75. The van der Waals surface area contributed by atoms with Crippen LogP contribution in [-0.2, 0) is 16.0 Å². The zero-order valence-corrected chi connectivity index (χ0v) is 13.3. The van der Waals surface area contributed by atoms with E-state index in [2.05, 4.69) is 5.32 Å². The molecule has 0 unspecified atom stereocenters. The molecule has 0 aliphatic carbocycles. The molecule has 0 saturated heterocycles. The Morgan fingerprint density at radius 3 is 2.19 bits per heavy atom. The number of halogens is 3. The van der Waals surface area contributed by atoms with Crippen LogP contribution >= 0.6 is 0 Å². The van der Waals surface area contributed by atoms with Gasteiger partial charge in [0.1, 0.15) is 0 Å². The summed E-state index contributed by atoms with van der Waals surface area (Å²) in [6.45, 7) is 6.52. The number of hydrogen-bond donors (Lipinski definition) is 1. The second kappa shape index (κ2) is 5.87. The number of anilines is 1. The molecular weight excluding hydrogens is 303 g/mol. The van der Waals surface area contributed by atoms with Crippen LogP contribution in [-0.4, -0.2) is 25.5 Å². The third-order valence-corrected chi connectivity index (χ3v) is 5.79. The number of alkyl halides is 3. The molecule has 0 aromatic heterocycles. The summed E-state index contributed by atoms with van der Waals surface area (Å²) in [5.74, 6) is -0.133. The minimum atomic E-state index is -4.42. The summed E-state index contributed by atoms with van der Waals surface area (Å²) in [5.41, 5.74) is 0.180. The van der Waals surface area contributed by atoms with Gasteiger partial charge in [-0.3, -0.25) is 0 Å². The number of benzene rings is 1. The molecule has 0 heterocycles. The van der Waals surface area contributed by atoms with Crippen molar-refractivity contribution in [2.45, 2.75) is 38.6 Å². The minimum Gasteiger partial charge on any atom is -0.384 e. The molecule has 0 fully saturated rings. The Morgan fingerprint density at radius 1 is 1.14 bits per heavy atom. The molecule has 1 rings (SSSR count). The summed E-state index contributed by atoms with van der Waals surface area (Å²) >= 11 is 0. The fraction of sp³-hybridized carbons (Fsp3) is 0.571. The lowest BCUT2D eigenvalue weighted by Crippen LogP contribution is -2.33. The lowest BCUT2D eigenvalue weighted by Gasteiger charge is -2.20. The van der Waals surface area contributed by atoms with Crippen molar-refractivity contribution >= 4 is 15.5 Å². The fourth-order valence-electron chi connectivity index (χ4n) is 1.62. The van der Waals surface area contributed by atoms with Gasteiger partial charge in [-0.1, -0.05) is 6.07 Å². The number of sulfone groups is 1. The highest BCUT2D eigenvalue weighted by Crippen LogP contribution is 2.32. The van der Waals surface area contributed by atoms with Crippen LogP contribution in [0.15, 0.2) is 18.2 Å². The van der Waals surface area contributed by atoms with E-state index in [4.69, 9.17) is 0 Å². The van der Waals surface area contributed by atoms with E-state index in [-0.39, 0.29) is 12.3 Å². The van der Waals surface area contributed by atoms with Crippen LogP contribution in [0.5, 0.6) is 0 Å². The summed E-state index contributed by atoms with van der Waals surface area (Å²) in [6, 6.07) is 3.37. The molecule has 0 spiro atoms. The van der Waals surface area contributed by atoms with Gasteiger partial charge in [0.15, 0.2) is 9.84 Å². The molecule has 3 nitrogen and oxygen atoms in total. The quantitative estimate of drug-likeness (QED) is 0.920. The Bertz CT molecular complexity index is 602. The number of rotatable bonds is 4. The Balaban J connectivity index is 2.82. The molecule has 1 aromatic carbocycles. The molecule has 1 N–H and O–H groups in total. The number of hydrogen-bond acceptors (Lipinski definition) is 3. The number of aryl methyl sites for hydroxylation is 1. The molecule has 0 amide bonds. The van der Waals surface area contributed by atoms with Gasteiger partial charge >= 0.3 is 6.18 Å². The smallest absolute Gasteiger partial charge is 0.384 e. The molecule has 0 atom stereocenters. The SMILES string of the molecule is Cc1ccc(C(F)(F)F)cc1NCCS(=O)(=O)C(C)(C)C. The van der Waals surface area contributed by atoms with E-state index in [9.17, 15) is 21.6 Å². The first kappa shape index (κ1) is 17.8. The highest BCUT2D eigenvalue weighted by molar-refractivity contribution is 7.92. The zero-order valence-electron chi connectivity index (χ0n) is 12.5. The molecule has 7 heteroatoms. The van der Waals surface area contributed by atoms with E-state index >= 15 is 0 Å². The van der Waals surface area contributed by atoms with Crippen LogP contribution in [0.25, 0.3) is 0 Å². The number of nitrogens with one attached hydrogen (secondary N) is 1. The van der Waals surface area contributed by atoms with Gasteiger partial charge in [-0.05, 0) is 45.4 Å². The van der Waals surface area contributed by atoms with Crippen LogP contribution in [0.2, 0.25) is 0 Å². The van der Waals surface area contributed by atoms with E-state index in [1.807, 2.05) is 0 Å². The maximum Gasteiger partial charge on any atom is 0.416 e. The first-order chi connectivity index (χ1) is 9.34. The zero-order chi connectivity index (χ0) is 16.5. The summed E-state index contributed by atoms with van der Waals surface area (Å²) in [5, 5.41) is 2.77. The third kappa shape index (κ3) is 4.62. The van der Waals surface area contributed by atoms with Crippen LogP contribution in [0.4, 0.5) is 18.9 Å². The molecule has 0 aliphatic heterocycles. The largest absolute Gasteiger partial charge is 0.416 e. The van der Waals surface area contributed by atoms with Crippen LogP contribution < -0.4 is 5.32 Å². The Hall–Kier alpha value is -1.24. The first-order valence-electron chi connectivity index (χ1n) is 6.48. The van der Waals surface area contributed by atoms with Gasteiger partial charge in [0.25, 0.3) is 0 Å². The van der Waals surface area contributed by atoms with Crippen LogP contribution in [0, 0.1) is 6.92 Å². The Morgan fingerprint density at radius 2 is 1.71 bits per heavy atom. The van der Waals surface area contributed by atoms with Crippen molar-refractivity contribution < 1.29 is 21.6 Å². The van der Waals surface area contributed by atoms with Crippen molar-refractivity contribution in [3.63, 3.8) is 0 Å². The van der Waals surface area contributed by atoms with E-state index in [0.29, 0.717) is 11.3 Å². The van der Waals surface area contributed by atoms with Crippen molar-refractivity contribution in [3.8, 4) is 0 Å². The molecule has 0 radical (unpaired) electrons. The lowest BCUT2D eigenvalue weighted by atomic mass is 10.1. The predicted molar refractivity (Wildman–Crippen MR) is 78.2 cm³/mol. The van der Waals surface area contributed by atoms with Crippen molar-refractivity contribution in [2.75, 3.05) is 17.6 Å². The van der Waals surface area contributed by atoms with Crippen LogP contribution in [0.1, 0.15) is 31.9 Å². The highest BCUT2D eigenvalue weighted by atomic mass is 32.2. The predicted octanol–water partition coefficient (Wildman–Crippen LogP) is 3.64. The fourth-order valence-corrected chi connectivity index (χ4v) is 2.60. The summed E-state index contributed by atoms with van der Waals surface area (Å²) in [4.78, 5) is 0. The molecular formula is C14H20F3NO2S. The molecule has 0 saturated carbocycles. The minimum absolute atomic E-state index is 0.0712. The van der Waals surface area contributed by atoms with Gasteiger partial charge in [0.05, 0.1) is 16.1 Å². The monoisotopic (exact) mass is 323 g/mol. The van der Waals surface area contributed by atoms with E-state index in [1.165, 1.54) is 6.07 Å². The maximum absolute atomic E-state index is 12.6. The van der Waals surface area contributed by atoms with Crippen molar-refractivity contribution in [1.29, 1.82) is 0 Å². The van der Waals surface area contributed by atoms with Gasteiger partial charge < -0.3 is 5.32 Å². The topological polar surface area (TPSA) is 46.2 Å². The first-order valence-corrected chi connectivity index (χ1v) is 8.14. The standard InChI is InChI=1S/C14H20F3NO2S/c1-10-5-6-11(14(15,16)17)9-12(10)18-7-8-21(19,20)13(2,3)4/h5-6,9,18H,7-8H2,1-4H3. The summed E-state index contributed by atoms with van der Waals surface area (Å²) < 4.78 is 60.9. The second-order valence-electron chi connectivity index (χ2n) is 5.89. The molecule has 21 heavy (non-hydrogen) atoms. The Labute approximate surface area is 123 Å². The van der Waals surface area contributed by atoms with Gasteiger partial charge in [-0.25, -0.2) is 8.42 Å². The highest BCUT2D eigenvalue weighted by Gasteiger charge is 2.31. The van der Waals surface area contributed by atoms with Crippen molar-refractivity contribution in [2.24, 2.45) is 0 Å². The molecule has 0 bridgehead atoms. The average Bonchev–Trinajstić information content (AvgIpc) is 2.28. The van der Waals surface area contributed by atoms with E-state index < -0.39 is 26.3 Å². The normalized spacial score (nSPS) is 13.3. The molecule has 120 valence electrons. The maximum atomic E-state index is 12.6. The summed E-state index contributed by atoms with van der Waals surface area (Å²) in [6.07, 6.45) is -4.42. The van der Waals surface area contributed by atoms with Gasteiger partial charge in [-0.15, -0.1) is 0 Å². The Kier molecular flexibility index (Phi) is 4.98. The van der Waals surface area contributed by atoms with Crippen molar-refractivity contribution in [3.05, 3.63) is 29.3 Å². The third-order valence-electron chi connectivity index (χ3n) is 3.18. The van der Waals surface area contributed by atoms with Crippen LogP contribution in [0.3, 0.4) is 0 Å². The van der Waals surface area contributed by atoms with Gasteiger partial charge in [0.2, 0.25) is 0 Å². The van der Waals surface area contributed by atoms with E-state index in [1.54, 1.807) is 27.7 Å². The van der Waals surface area contributed by atoms with E-state index in [0.717, 1.165) is 12.1 Å². The molecule has 0 aliphatic rings. The lowest BCUT2D eigenvalue weighted by molar-refractivity contribution is -0.137. The van der Waals surface area contributed by atoms with Gasteiger partial charge in [0, 0.05) is 12.2 Å². The van der Waals surface area contributed by atoms with Gasteiger partial charge in [-0.2, -0.15) is 13.2 Å². The summed E-state index contributed by atoms with van der Waals surface area (Å²) in [7, 11) is -3.30. The average molecular weight is 323 g/mol. The van der Waals surface area contributed by atoms with Crippen molar-refractivity contribution in [1.82, 2.24) is 0 Å².